The number of hydrogen-bond acceptors (Lipinski definition) is 6. The highest BCUT2D eigenvalue weighted by molar-refractivity contribution is 6.32. The van der Waals surface area contributed by atoms with Crippen LogP contribution in [0.15, 0.2) is 73.2 Å². The molecule has 1 aliphatic rings. The summed E-state index contributed by atoms with van der Waals surface area (Å²) < 4.78 is 13.7. The minimum absolute atomic E-state index is 0.0775. The smallest absolute Gasteiger partial charge is 0.210 e. The van der Waals surface area contributed by atoms with Crippen molar-refractivity contribution in [3.63, 3.8) is 0 Å². The number of pyridine rings is 2. The van der Waals surface area contributed by atoms with Gasteiger partial charge in [0.2, 0.25) is 5.78 Å². The van der Waals surface area contributed by atoms with Crippen LogP contribution in [0.1, 0.15) is 36.4 Å². The molecule has 0 unspecified atom stereocenters. The summed E-state index contributed by atoms with van der Waals surface area (Å²) >= 11 is 0. The molecule has 0 fully saturated rings. The molecule has 3 aromatic heterocycles. The van der Waals surface area contributed by atoms with Gasteiger partial charge in [0.25, 0.3) is 0 Å². The zero-order chi connectivity index (χ0) is 23.0. The number of rotatable bonds is 5. The van der Waals surface area contributed by atoms with Gasteiger partial charge < -0.3 is 9.47 Å². The number of carbonyl (C=O) groups is 1. The Kier molecular flexibility index (Phi) is 4.91. The Bertz CT molecular complexity index is 1430. The lowest BCUT2D eigenvalue weighted by Gasteiger charge is -2.17. The van der Waals surface area contributed by atoms with Gasteiger partial charge in [-0.1, -0.05) is 18.2 Å². The Labute approximate surface area is 190 Å². The predicted octanol–water partition coefficient (Wildman–Crippen LogP) is 4.43. The molecule has 4 heterocycles. The molecule has 0 radical (unpaired) electrons. The van der Waals surface area contributed by atoms with E-state index in [9.17, 15) is 10.1 Å². The van der Waals surface area contributed by atoms with Crippen molar-refractivity contribution in [3.05, 3.63) is 95.7 Å². The van der Waals surface area contributed by atoms with Gasteiger partial charge in [-0.05, 0) is 55.8 Å². The van der Waals surface area contributed by atoms with Crippen LogP contribution >= 0.6 is 0 Å². The second kappa shape index (κ2) is 7.92. The van der Waals surface area contributed by atoms with E-state index in [1.165, 1.54) is 0 Å². The number of hydrogen-bond donors (Lipinski definition) is 0. The highest BCUT2D eigenvalue weighted by Crippen LogP contribution is 2.41. The van der Waals surface area contributed by atoms with Crippen LogP contribution in [-0.2, 0) is 16.1 Å². The molecule has 7 heteroatoms. The van der Waals surface area contributed by atoms with Crippen molar-refractivity contribution in [1.82, 2.24) is 14.4 Å². The molecule has 0 amide bonds. The molecule has 1 aromatic carbocycles. The third kappa shape index (κ3) is 3.62. The molecule has 0 saturated heterocycles. The number of nitriles is 1. The SMILES string of the molecule is CC1(C)OC(c2ccncc2)=C(c2ccc(OCc3nc4ccccn4c3C#N)cc2)C1=O. The number of carbonyl (C=O) groups excluding carboxylic acids is 1. The molecule has 0 atom stereocenters. The van der Waals surface area contributed by atoms with Gasteiger partial charge in [-0.2, -0.15) is 5.26 Å². The normalized spacial score (nSPS) is 14.9. The summed E-state index contributed by atoms with van der Waals surface area (Å²) in [7, 11) is 0. The topological polar surface area (TPSA) is 89.5 Å². The number of benzene rings is 1. The summed E-state index contributed by atoms with van der Waals surface area (Å²) in [5.41, 5.74) is 2.85. The van der Waals surface area contributed by atoms with Gasteiger partial charge in [-0.25, -0.2) is 4.98 Å². The molecule has 0 saturated carbocycles. The Morgan fingerprint density at radius 2 is 1.82 bits per heavy atom. The summed E-state index contributed by atoms with van der Waals surface area (Å²) in [5, 5.41) is 9.53. The van der Waals surface area contributed by atoms with E-state index in [0.717, 1.165) is 11.1 Å². The van der Waals surface area contributed by atoms with Crippen molar-refractivity contribution in [2.24, 2.45) is 0 Å². The Morgan fingerprint density at radius 1 is 1.06 bits per heavy atom. The van der Waals surface area contributed by atoms with Crippen molar-refractivity contribution in [1.29, 1.82) is 5.26 Å². The van der Waals surface area contributed by atoms with Gasteiger partial charge >= 0.3 is 0 Å². The fourth-order valence-electron chi connectivity index (χ4n) is 3.86. The third-order valence-electron chi connectivity index (χ3n) is 5.53. The molecular formula is C26H20N4O3. The second-order valence-electron chi connectivity index (χ2n) is 8.14. The third-order valence-corrected chi connectivity index (χ3v) is 5.53. The maximum absolute atomic E-state index is 13.1. The van der Waals surface area contributed by atoms with E-state index in [1.807, 2.05) is 42.5 Å². The van der Waals surface area contributed by atoms with Gasteiger partial charge in [-0.15, -0.1) is 0 Å². The molecular weight excluding hydrogens is 416 g/mol. The van der Waals surface area contributed by atoms with Gasteiger partial charge in [0.05, 0.1) is 5.57 Å². The highest BCUT2D eigenvalue weighted by Gasteiger charge is 2.42. The number of ketones is 1. The predicted molar refractivity (Wildman–Crippen MR) is 122 cm³/mol. The first-order chi connectivity index (χ1) is 16.0. The zero-order valence-corrected chi connectivity index (χ0v) is 18.1. The lowest BCUT2D eigenvalue weighted by atomic mass is 9.93. The highest BCUT2D eigenvalue weighted by atomic mass is 16.5. The van der Waals surface area contributed by atoms with Crippen LogP contribution in [0.4, 0.5) is 0 Å². The molecule has 4 aromatic rings. The number of fused-ring (bicyclic) bond motifs is 1. The van der Waals surface area contributed by atoms with Crippen molar-refractivity contribution in [2.45, 2.75) is 26.1 Å². The van der Waals surface area contributed by atoms with Gasteiger partial charge in [0.1, 0.15) is 35.5 Å². The number of nitrogens with zero attached hydrogens (tertiary/aromatic N) is 4. The largest absolute Gasteiger partial charge is 0.487 e. The zero-order valence-electron chi connectivity index (χ0n) is 18.1. The fraction of sp³-hybridized carbons (Fsp3) is 0.154. The van der Waals surface area contributed by atoms with Crippen molar-refractivity contribution in [3.8, 4) is 11.8 Å². The molecule has 1 aliphatic heterocycles. The molecule has 33 heavy (non-hydrogen) atoms. The molecule has 5 rings (SSSR count). The minimum atomic E-state index is -0.945. The van der Waals surface area contributed by atoms with Crippen LogP contribution in [0.5, 0.6) is 5.75 Å². The molecule has 7 nitrogen and oxygen atoms in total. The minimum Gasteiger partial charge on any atom is -0.487 e. The lowest BCUT2D eigenvalue weighted by molar-refractivity contribution is -0.125. The van der Waals surface area contributed by atoms with Crippen LogP contribution in [0.2, 0.25) is 0 Å². The van der Waals surface area contributed by atoms with E-state index in [4.69, 9.17) is 9.47 Å². The Morgan fingerprint density at radius 3 is 2.55 bits per heavy atom. The molecule has 0 N–H and O–H groups in total. The fourth-order valence-corrected chi connectivity index (χ4v) is 3.86. The summed E-state index contributed by atoms with van der Waals surface area (Å²) in [6, 6.07) is 18.7. The maximum atomic E-state index is 13.1. The van der Waals surface area contributed by atoms with Crippen LogP contribution < -0.4 is 4.74 Å². The van der Waals surface area contributed by atoms with E-state index in [1.54, 1.807) is 49.0 Å². The molecule has 0 spiro atoms. The standard InChI is InChI=1S/C26H20N4O3/c1-26(2)25(31)23(24(33-26)18-10-12-28-13-11-18)17-6-8-19(9-7-17)32-16-20-21(15-27)30-14-4-3-5-22(30)29-20/h3-14H,16H2,1-2H3. The monoisotopic (exact) mass is 436 g/mol. The number of aromatic nitrogens is 3. The van der Waals surface area contributed by atoms with E-state index in [-0.39, 0.29) is 12.4 Å². The van der Waals surface area contributed by atoms with E-state index in [2.05, 4.69) is 16.0 Å². The molecule has 0 aliphatic carbocycles. The summed E-state index contributed by atoms with van der Waals surface area (Å²) in [6.07, 6.45) is 5.14. The number of Topliss-reactive ketones (excluding diaryl/α,β-unsaturated/α-hetero) is 1. The van der Waals surface area contributed by atoms with Gasteiger partial charge in [0, 0.05) is 24.2 Å². The summed E-state index contributed by atoms with van der Waals surface area (Å²) in [6.45, 7) is 3.69. The first kappa shape index (κ1) is 20.5. The molecule has 162 valence electrons. The van der Waals surface area contributed by atoms with Gasteiger partial charge in [-0.3, -0.25) is 14.2 Å². The van der Waals surface area contributed by atoms with Gasteiger partial charge in [0.15, 0.2) is 11.3 Å². The second-order valence-corrected chi connectivity index (χ2v) is 8.14. The van der Waals surface area contributed by atoms with Crippen molar-refractivity contribution in [2.75, 3.05) is 0 Å². The van der Waals surface area contributed by atoms with Crippen LogP contribution in [0.3, 0.4) is 0 Å². The number of ether oxygens (including phenoxy) is 2. The summed E-state index contributed by atoms with van der Waals surface area (Å²) in [5.74, 6) is 1.08. The first-order valence-corrected chi connectivity index (χ1v) is 10.5. The average Bonchev–Trinajstić information content (AvgIpc) is 3.32. The lowest BCUT2D eigenvalue weighted by Crippen LogP contribution is -2.29. The van der Waals surface area contributed by atoms with E-state index < -0.39 is 5.60 Å². The molecule has 0 bridgehead atoms. The summed E-state index contributed by atoms with van der Waals surface area (Å²) in [4.78, 5) is 21.6. The Balaban J connectivity index is 1.42. The van der Waals surface area contributed by atoms with Crippen LogP contribution in [-0.4, -0.2) is 25.8 Å². The average molecular weight is 436 g/mol. The van der Waals surface area contributed by atoms with Crippen molar-refractivity contribution < 1.29 is 14.3 Å². The van der Waals surface area contributed by atoms with E-state index >= 15 is 0 Å². The number of imidazole rings is 1. The van der Waals surface area contributed by atoms with Crippen molar-refractivity contribution >= 4 is 22.8 Å². The maximum Gasteiger partial charge on any atom is 0.210 e. The Hall–Kier alpha value is -4.44. The first-order valence-electron chi connectivity index (χ1n) is 10.5. The quantitative estimate of drug-likeness (QED) is 0.460. The van der Waals surface area contributed by atoms with Crippen LogP contribution in [0.25, 0.3) is 17.0 Å². The van der Waals surface area contributed by atoms with Crippen LogP contribution in [0, 0.1) is 11.3 Å². The van der Waals surface area contributed by atoms with E-state index in [0.29, 0.717) is 34.1 Å².